The number of halogens is 2. The van der Waals surface area contributed by atoms with E-state index in [4.69, 9.17) is 4.74 Å². The van der Waals surface area contributed by atoms with Crippen LogP contribution in [0.2, 0.25) is 0 Å². The standard InChI is InChI=1S/C23H29F2NO/c1-3-22(2)17-23(13-15-27-22,19-6-10-21(25)11-7-19)12-14-26-16-18-4-8-20(24)9-5-18/h4-11,26H,3,12-17H2,1-2H3/p+1/t22-,23-/m1/s1. The van der Waals surface area contributed by atoms with Crippen molar-refractivity contribution >= 4 is 0 Å². The second-order valence-corrected chi connectivity index (χ2v) is 8.02. The number of hydrogen-bond acceptors (Lipinski definition) is 1. The fraction of sp³-hybridized carbons (Fsp3) is 0.478. The van der Waals surface area contributed by atoms with Gasteiger partial charge in [0.05, 0.1) is 12.1 Å². The maximum atomic E-state index is 13.5. The molecule has 2 nitrogen and oxygen atoms in total. The molecular formula is C23H30F2NO+. The van der Waals surface area contributed by atoms with E-state index in [-0.39, 0.29) is 22.7 Å². The number of rotatable bonds is 7. The van der Waals surface area contributed by atoms with Crippen molar-refractivity contribution < 1.29 is 18.8 Å². The van der Waals surface area contributed by atoms with Crippen LogP contribution in [0.25, 0.3) is 0 Å². The minimum absolute atomic E-state index is 0.00993. The summed E-state index contributed by atoms with van der Waals surface area (Å²) < 4.78 is 32.6. The van der Waals surface area contributed by atoms with Crippen molar-refractivity contribution in [3.63, 3.8) is 0 Å². The molecule has 1 aliphatic rings. The highest BCUT2D eigenvalue weighted by Crippen LogP contribution is 2.44. The fourth-order valence-corrected chi connectivity index (χ4v) is 4.25. The van der Waals surface area contributed by atoms with Crippen LogP contribution in [0.4, 0.5) is 8.78 Å². The van der Waals surface area contributed by atoms with E-state index in [9.17, 15) is 8.78 Å². The minimum atomic E-state index is -0.199. The first-order chi connectivity index (χ1) is 12.9. The molecular weight excluding hydrogens is 344 g/mol. The molecule has 0 unspecified atom stereocenters. The number of quaternary nitrogens is 1. The van der Waals surface area contributed by atoms with Crippen LogP contribution in [-0.2, 0) is 16.7 Å². The lowest BCUT2D eigenvalue weighted by atomic mass is 9.66. The average Bonchev–Trinajstić information content (AvgIpc) is 2.67. The molecule has 0 spiro atoms. The molecule has 3 rings (SSSR count). The molecule has 2 aromatic carbocycles. The molecule has 0 saturated carbocycles. The Hall–Kier alpha value is -1.78. The Balaban J connectivity index is 1.70. The summed E-state index contributed by atoms with van der Waals surface area (Å²) >= 11 is 0. The summed E-state index contributed by atoms with van der Waals surface area (Å²) in [4.78, 5) is 0. The number of ether oxygens (including phenoxy) is 1. The number of nitrogens with two attached hydrogens (primary N) is 1. The van der Waals surface area contributed by atoms with E-state index in [2.05, 4.69) is 19.2 Å². The van der Waals surface area contributed by atoms with E-state index in [1.165, 1.54) is 17.7 Å². The zero-order valence-electron chi connectivity index (χ0n) is 16.3. The fourth-order valence-electron chi connectivity index (χ4n) is 4.25. The van der Waals surface area contributed by atoms with E-state index in [1.54, 1.807) is 12.1 Å². The van der Waals surface area contributed by atoms with E-state index in [0.717, 1.165) is 50.9 Å². The summed E-state index contributed by atoms with van der Waals surface area (Å²) in [5, 5.41) is 2.28. The van der Waals surface area contributed by atoms with Gasteiger partial charge in [-0.15, -0.1) is 0 Å². The van der Waals surface area contributed by atoms with Gasteiger partial charge in [0, 0.05) is 24.0 Å². The van der Waals surface area contributed by atoms with Crippen molar-refractivity contribution in [3.05, 3.63) is 71.3 Å². The van der Waals surface area contributed by atoms with Gasteiger partial charge in [-0.1, -0.05) is 31.2 Å². The summed E-state index contributed by atoms with van der Waals surface area (Å²) in [5.74, 6) is -0.392. The van der Waals surface area contributed by atoms with Crippen molar-refractivity contribution in [2.24, 2.45) is 0 Å². The van der Waals surface area contributed by atoms with Crippen molar-refractivity contribution in [2.45, 2.75) is 57.1 Å². The summed E-state index contributed by atoms with van der Waals surface area (Å²) in [7, 11) is 0. The summed E-state index contributed by atoms with van der Waals surface area (Å²) in [6, 6.07) is 13.7. The molecule has 1 aliphatic heterocycles. The third kappa shape index (κ3) is 4.94. The Bertz CT molecular complexity index is 731. The maximum absolute atomic E-state index is 13.5. The Morgan fingerprint density at radius 1 is 1.00 bits per heavy atom. The predicted octanol–water partition coefficient (Wildman–Crippen LogP) is 4.34. The first-order valence-electron chi connectivity index (χ1n) is 9.91. The van der Waals surface area contributed by atoms with Gasteiger partial charge in [0.1, 0.15) is 18.2 Å². The van der Waals surface area contributed by atoms with Gasteiger partial charge >= 0.3 is 0 Å². The third-order valence-corrected chi connectivity index (χ3v) is 6.07. The van der Waals surface area contributed by atoms with Crippen LogP contribution in [-0.4, -0.2) is 18.8 Å². The predicted molar refractivity (Wildman–Crippen MR) is 103 cm³/mol. The van der Waals surface area contributed by atoms with Crippen molar-refractivity contribution in [1.82, 2.24) is 0 Å². The van der Waals surface area contributed by atoms with Gasteiger partial charge in [0.25, 0.3) is 0 Å². The van der Waals surface area contributed by atoms with Gasteiger partial charge in [-0.3, -0.25) is 0 Å². The molecule has 1 fully saturated rings. The summed E-state index contributed by atoms with van der Waals surface area (Å²) in [6.07, 6.45) is 3.89. The van der Waals surface area contributed by atoms with Crippen LogP contribution in [0, 0.1) is 11.6 Å². The van der Waals surface area contributed by atoms with Gasteiger partial charge < -0.3 is 10.1 Å². The molecule has 146 valence electrons. The highest BCUT2D eigenvalue weighted by Gasteiger charge is 2.43. The molecule has 2 atom stereocenters. The Morgan fingerprint density at radius 2 is 1.63 bits per heavy atom. The van der Waals surface area contributed by atoms with Gasteiger partial charge in [0.15, 0.2) is 0 Å². The molecule has 0 amide bonds. The second-order valence-electron chi connectivity index (χ2n) is 8.02. The topological polar surface area (TPSA) is 25.8 Å². The number of benzene rings is 2. The average molecular weight is 374 g/mol. The molecule has 0 radical (unpaired) electrons. The SMILES string of the molecule is CC[C@]1(C)C[C@](CC[NH2+]Cc2ccc(F)cc2)(c2ccc(F)cc2)CCO1. The molecule has 2 N–H and O–H groups in total. The Labute approximate surface area is 160 Å². The highest BCUT2D eigenvalue weighted by molar-refractivity contribution is 5.27. The third-order valence-electron chi connectivity index (χ3n) is 6.07. The smallest absolute Gasteiger partial charge is 0.123 e. The molecule has 2 aromatic rings. The van der Waals surface area contributed by atoms with Gasteiger partial charge in [-0.25, -0.2) is 8.78 Å². The summed E-state index contributed by atoms with van der Waals surface area (Å²) in [5.41, 5.74) is 2.21. The zero-order valence-corrected chi connectivity index (χ0v) is 16.3. The van der Waals surface area contributed by atoms with Crippen LogP contribution in [0.3, 0.4) is 0 Å². The van der Waals surface area contributed by atoms with Crippen molar-refractivity contribution in [3.8, 4) is 0 Å². The monoisotopic (exact) mass is 374 g/mol. The first-order valence-corrected chi connectivity index (χ1v) is 9.91. The van der Waals surface area contributed by atoms with Gasteiger partial charge in [-0.05, 0) is 56.0 Å². The normalized spacial score (nSPS) is 25.5. The molecule has 0 bridgehead atoms. The Morgan fingerprint density at radius 3 is 2.26 bits per heavy atom. The van der Waals surface area contributed by atoms with E-state index in [0.29, 0.717) is 0 Å². The van der Waals surface area contributed by atoms with Gasteiger partial charge in [-0.2, -0.15) is 0 Å². The van der Waals surface area contributed by atoms with Crippen molar-refractivity contribution in [2.75, 3.05) is 13.2 Å². The largest absolute Gasteiger partial charge is 0.375 e. The maximum Gasteiger partial charge on any atom is 0.123 e. The van der Waals surface area contributed by atoms with E-state index in [1.807, 2.05) is 24.3 Å². The van der Waals surface area contributed by atoms with E-state index < -0.39 is 0 Å². The highest BCUT2D eigenvalue weighted by atomic mass is 19.1. The molecule has 0 aliphatic carbocycles. The van der Waals surface area contributed by atoms with Crippen LogP contribution >= 0.6 is 0 Å². The van der Waals surface area contributed by atoms with Crippen LogP contribution in [0.15, 0.2) is 48.5 Å². The quantitative estimate of drug-likeness (QED) is 0.717. The van der Waals surface area contributed by atoms with Crippen molar-refractivity contribution in [1.29, 1.82) is 0 Å². The molecule has 0 aromatic heterocycles. The molecule has 1 saturated heterocycles. The van der Waals surface area contributed by atoms with Crippen LogP contribution in [0.5, 0.6) is 0 Å². The Kier molecular flexibility index (Phi) is 6.28. The minimum Gasteiger partial charge on any atom is -0.375 e. The second kappa shape index (κ2) is 8.49. The molecule has 1 heterocycles. The van der Waals surface area contributed by atoms with Crippen LogP contribution < -0.4 is 5.32 Å². The lowest BCUT2D eigenvalue weighted by molar-refractivity contribution is -0.672. The molecule has 4 heteroatoms. The van der Waals surface area contributed by atoms with Gasteiger partial charge in [0.2, 0.25) is 0 Å². The summed E-state index contributed by atoms with van der Waals surface area (Å²) in [6.45, 7) is 6.89. The lowest BCUT2D eigenvalue weighted by Gasteiger charge is -2.46. The van der Waals surface area contributed by atoms with Crippen LogP contribution in [0.1, 0.15) is 50.7 Å². The zero-order chi connectivity index (χ0) is 19.3. The first kappa shape index (κ1) is 20.0. The lowest BCUT2D eigenvalue weighted by Crippen LogP contribution is -2.83. The number of hydrogen-bond donors (Lipinski definition) is 1. The van der Waals surface area contributed by atoms with E-state index >= 15 is 0 Å². The molecule has 27 heavy (non-hydrogen) atoms.